The van der Waals surface area contributed by atoms with Crippen molar-refractivity contribution in [2.75, 3.05) is 19.6 Å². The maximum absolute atomic E-state index is 11.8. The van der Waals surface area contributed by atoms with Crippen LogP contribution in [0.4, 0.5) is 0 Å². The van der Waals surface area contributed by atoms with Crippen molar-refractivity contribution in [3.05, 3.63) is 0 Å². The van der Waals surface area contributed by atoms with Crippen LogP contribution in [0.1, 0.15) is 39.5 Å². The fraction of sp³-hybridized carbons (Fsp3) is 0.923. The SMILES string of the molecule is CC(C)C1(CNC(=O)CC2CCNC2)CC1. The molecule has 3 heteroatoms. The Labute approximate surface area is 98.4 Å². The number of rotatable bonds is 5. The molecular formula is C13H24N2O. The van der Waals surface area contributed by atoms with E-state index in [-0.39, 0.29) is 5.91 Å². The molecule has 2 rings (SSSR count). The number of nitrogens with one attached hydrogen (secondary N) is 2. The second-order valence-electron chi connectivity index (χ2n) is 5.86. The summed E-state index contributed by atoms with van der Waals surface area (Å²) in [7, 11) is 0. The van der Waals surface area contributed by atoms with Crippen LogP contribution in [0.5, 0.6) is 0 Å². The predicted octanol–water partition coefficient (Wildman–Crippen LogP) is 1.54. The van der Waals surface area contributed by atoms with E-state index in [4.69, 9.17) is 0 Å². The van der Waals surface area contributed by atoms with Crippen molar-refractivity contribution in [2.24, 2.45) is 17.3 Å². The molecule has 0 aromatic rings. The van der Waals surface area contributed by atoms with E-state index in [2.05, 4.69) is 24.5 Å². The van der Waals surface area contributed by atoms with Crippen molar-refractivity contribution in [1.82, 2.24) is 10.6 Å². The molecule has 16 heavy (non-hydrogen) atoms. The molecule has 0 bridgehead atoms. The first kappa shape index (κ1) is 11.9. The Morgan fingerprint density at radius 3 is 2.75 bits per heavy atom. The van der Waals surface area contributed by atoms with E-state index in [1.54, 1.807) is 0 Å². The zero-order valence-electron chi connectivity index (χ0n) is 10.5. The van der Waals surface area contributed by atoms with Gasteiger partial charge >= 0.3 is 0 Å². The van der Waals surface area contributed by atoms with Crippen molar-refractivity contribution >= 4 is 5.91 Å². The van der Waals surface area contributed by atoms with Crippen LogP contribution in [0, 0.1) is 17.3 Å². The van der Waals surface area contributed by atoms with Gasteiger partial charge in [0.25, 0.3) is 0 Å². The molecule has 1 amide bonds. The van der Waals surface area contributed by atoms with Crippen molar-refractivity contribution in [3.8, 4) is 0 Å². The Morgan fingerprint density at radius 1 is 1.50 bits per heavy atom. The van der Waals surface area contributed by atoms with Crippen LogP contribution in [0.3, 0.4) is 0 Å². The Bertz CT molecular complexity index is 253. The second-order valence-corrected chi connectivity index (χ2v) is 5.86. The molecule has 0 aromatic heterocycles. The lowest BCUT2D eigenvalue weighted by Gasteiger charge is -2.20. The molecular weight excluding hydrogens is 200 g/mol. The van der Waals surface area contributed by atoms with Gasteiger partial charge in [-0.2, -0.15) is 0 Å². The summed E-state index contributed by atoms with van der Waals surface area (Å²) in [6, 6.07) is 0. The Hall–Kier alpha value is -0.570. The molecule has 1 unspecified atom stereocenters. The van der Waals surface area contributed by atoms with E-state index in [0.717, 1.165) is 26.1 Å². The normalized spacial score (nSPS) is 27.1. The summed E-state index contributed by atoms with van der Waals surface area (Å²) in [6.45, 7) is 7.51. The maximum atomic E-state index is 11.8. The summed E-state index contributed by atoms with van der Waals surface area (Å²) in [5, 5.41) is 6.43. The van der Waals surface area contributed by atoms with Crippen LogP contribution in [-0.2, 0) is 4.79 Å². The first-order valence-electron chi connectivity index (χ1n) is 6.60. The summed E-state index contributed by atoms with van der Waals surface area (Å²) in [5.74, 6) is 1.51. The van der Waals surface area contributed by atoms with Gasteiger partial charge in [0.1, 0.15) is 0 Å². The summed E-state index contributed by atoms with van der Waals surface area (Å²) in [4.78, 5) is 11.8. The molecule has 1 aliphatic heterocycles. The molecule has 1 heterocycles. The van der Waals surface area contributed by atoms with Crippen LogP contribution >= 0.6 is 0 Å². The summed E-state index contributed by atoms with van der Waals surface area (Å²) >= 11 is 0. The molecule has 92 valence electrons. The second kappa shape index (κ2) is 4.74. The summed E-state index contributed by atoms with van der Waals surface area (Å²) in [6.07, 6.45) is 4.44. The van der Waals surface area contributed by atoms with Crippen LogP contribution in [0.25, 0.3) is 0 Å². The Morgan fingerprint density at radius 2 is 2.25 bits per heavy atom. The standard InChI is InChI=1S/C13H24N2O/c1-10(2)13(4-5-13)9-15-12(16)7-11-3-6-14-8-11/h10-11,14H,3-9H2,1-2H3,(H,15,16). The highest BCUT2D eigenvalue weighted by atomic mass is 16.1. The fourth-order valence-corrected chi connectivity index (χ4v) is 2.62. The number of hydrogen-bond donors (Lipinski definition) is 2. The first-order valence-corrected chi connectivity index (χ1v) is 6.60. The molecule has 2 N–H and O–H groups in total. The van der Waals surface area contributed by atoms with E-state index < -0.39 is 0 Å². The van der Waals surface area contributed by atoms with E-state index >= 15 is 0 Å². The first-order chi connectivity index (χ1) is 7.62. The third-order valence-corrected chi connectivity index (χ3v) is 4.39. The van der Waals surface area contributed by atoms with Crippen LogP contribution in [0.15, 0.2) is 0 Å². The maximum Gasteiger partial charge on any atom is 0.220 e. The van der Waals surface area contributed by atoms with Gasteiger partial charge in [-0.05, 0) is 49.6 Å². The van der Waals surface area contributed by atoms with Gasteiger partial charge in [-0.15, -0.1) is 0 Å². The topological polar surface area (TPSA) is 41.1 Å². The van der Waals surface area contributed by atoms with Gasteiger partial charge < -0.3 is 10.6 Å². The van der Waals surface area contributed by atoms with E-state index in [9.17, 15) is 4.79 Å². The van der Waals surface area contributed by atoms with Gasteiger partial charge in [0.15, 0.2) is 0 Å². The minimum atomic E-state index is 0.251. The highest BCUT2D eigenvalue weighted by Crippen LogP contribution is 2.51. The van der Waals surface area contributed by atoms with Crippen LogP contribution < -0.4 is 10.6 Å². The summed E-state index contributed by atoms with van der Waals surface area (Å²) < 4.78 is 0. The number of amides is 1. The fourth-order valence-electron chi connectivity index (χ4n) is 2.62. The van der Waals surface area contributed by atoms with Gasteiger partial charge in [0.05, 0.1) is 0 Å². The molecule has 0 spiro atoms. The largest absolute Gasteiger partial charge is 0.356 e. The number of carbonyl (C=O) groups is 1. The Balaban J connectivity index is 1.67. The minimum Gasteiger partial charge on any atom is -0.356 e. The predicted molar refractivity (Wildman–Crippen MR) is 65.1 cm³/mol. The van der Waals surface area contributed by atoms with Gasteiger partial charge in [-0.3, -0.25) is 4.79 Å². The summed E-state index contributed by atoms with van der Waals surface area (Å²) in [5.41, 5.74) is 0.434. The zero-order chi connectivity index (χ0) is 11.6. The highest BCUT2D eigenvalue weighted by Gasteiger charge is 2.45. The van der Waals surface area contributed by atoms with Crippen molar-refractivity contribution in [2.45, 2.75) is 39.5 Å². The molecule has 1 aliphatic carbocycles. The monoisotopic (exact) mass is 224 g/mol. The Kier molecular flexibility index (Phi) is 3.53. The third kappa shape index (κ3) is 2.76. The van der Waals surface area contributed by atoms with Gasteiger partial charge in [0.2, 0.25) is 5.91 Å². The molecule has 0 aromatic carbocycles. The zero-order valence-corrected chi connectivity index (χ0v) is 10.5. The highest BCUT2D eigenvalue weighted by molar-refractivity contribution is 5.76. The van der Waals surface area contributed by atoms with Gasteiger partial charge in [0, 0.05) is 13.0 Å². The van der Waals surface area contributed by atoms with Crippen LogP contribution in [0.2, 0.25) is 0 Å². The molecule has 1 atom stereocenters. The van der Waals surface area contributed by atoms with Crippen molar-refractivity contribution in [3.63, 3.8) is 0 Å². The van der Waals surface area contributed by atoms with Gasteiger partial charge in [-0.1, -0.05) is 13.8 Å². The van der Waals surface area contributed by atoms with Crippen molar-refractivity contribution < 1.29 is 4.79 Å². The average Bonchev–Trinajstić information content (AvgIpc) is 2.88. The average molecular weight is 224 g/mol. The smallest absolute Gasteiger partial charge is 0.220 e. The molecule has 3 nitrogen and oxygen atoms in total. The van der Waals surface area contributed by atoms with Crippen LogP contribution in [-0.4, -0.2) is 25.5 Å². The van der Waals surface area contributed by atoms with Gasteiger partial charge in [-0.25, -0.2) is 0 Å². The number of carbonyl (C=O) groups excluding carboxylic acids is 1. The lowest BCUT2D eigenvalue weighted by molar-refractivity contribution is -0.122. The minimum absolute atomic E-state index is 0.251. The molecule has 1 saturated carbocycles. The van der Waals surface area contributed by atoms with E-state index in [0.29, 0.717) is 23.7 Å². The molecule has 2 aliphatic rings. The quantitative estimate of drug-likeness (QED) is 0.743. The number of hydrogen-bond acceptors (Lipinski definition) is 2. The van der Waals surface area contributed by atoms with Crippen molar-refractivity contribution in [1.29, 1.82) is 0 Å². The third-order valence-electron chi connectivity index (χ3n) is 4.39. The lowest BCUT2D eigenvalue weighted by atomic mass is 9.92. The lowest BCUT2D eigenvalue weighted by Crippen LogP contribution is -2.33. The van der Waals surface area contributed by atoms with E-state index in [1.165, 1.54) is 12.8 Å². The molecule has 1 saturated heterocycles. The van der Waals surface area contributed by atoms with E-state index in [1.807, 2.05) is 0 Å². The molecule has 2 fully saturated rings. The molecule has 0 radical (unpaired) electrons.